The van der Waals surface area contributed by atoms with Gasteiger partial charge in [-0.25, -0.2) is 0 Å². The summed E-state index contributed by atoms with van der Waals surface area (Å²) in [4.78, 5) is 2.03. The third-order valence-electron chi connectivity index (χ3n) is 3.55. The fourth-order valence-corrected chi connectivity index (χ4v) is 2.75. The number of para-hydroxylation sites is 1. The molecular formula is C16H15ClN2O. The topological polar surface area (TPSA) is 36.3 Å². The number of benzene rings is 2. The molecule has 0 spiro atoms. The van der Waals surface area contributed by atoms with Crippen LogP contribution in [0.3, 0.4) is 0 Å². The monoisotopic (exact) mass is 286 g/mol. The van der Waals surface area contributed by atoms with Crippen LogP contribution in [0.25, 0.3) is 0 Å². The molecule has 1 aliphatic heterocycles. The Balaban J connectivity index is 1.86. The standard InChI is InChI=1S/C16H15ClN2O/c1-20-15-5-3-2-4-11(15)9-19-10-12-8-13(17)6-7-14(12)16(19)18/h2-8,18H,9-10H2,1H3. The van der Waals surface area contributed by atoms with Crippen molar-refractivity contribution in [1.82, 2.24) is 4.90 Å². The van der Waals surface area contributed by atoms with Crippen LogP contribution in [-0.4, -0.2) is 17.8 Å². The lowest BCUT2D eigenvalue weighted by molar-refractivity contribution is 0.382. The van der Waals surface area contributed by atoms with Crippen LogP contribution in [0, 0.1) is 5.41 Å². The van der Waals surface area contributed by atoms with Gasteiger partial charge in [0.2, 0.25) is 0 Å². The highest BCUT2D eigenvalue weighted by Gasteiger charge is 2.24. The number of halogens is 1. The first-order valence-corrected chi connectivity index (χ1v) is 6.81. The van der Waals surface area contributed by atoms with Gasteiger partial charge >= 0.3 is 0 Å². The van der Waals surface area contributed by atoms with Gasteiger partial charge in [-0.1, -0.05) is 29.8 Å². The number of nitrogens with zero attached hydrogens (tertiary/aromatic N) is 1. The fourth-order valence-electron chi connectivity index (χ4n) is 2.55. The maximum atomic E-state index is 8.28. The van der Waals surface area contributed by atoms with E-state index in [2.05, 4.69) is 0 Å². The normalized spacial score (nSPS) is 13.5. The number of fused-ring (bicyclic) bond motifs is 1. The average Bonchev–Trinajstić information content (AvgIpc) is 2.75. The number of amidine groups is 1. The Hall–Kier alpha value is -2.00. The Bertz CT molecular complexity index is 669. The Morgan fingerprint density at radius 1 is 1.25 bits per heavy atom. The van der Waals surface area contributed by atoms with E-state index in [0.29, 0.717) is 18.9 Å². The highest BCUT2D eigenvalue weighted by molar-refractivity contribution is 6.30. The molecule has 3 rings (SSSR count). The van der Waals surface area contributed by atoms with E-state index in [1.807, 2.05) is 47.4 Å². The van der Waals surface area contributed by atoms with Crippen molar-refractivity contribution in [3.05, 3.63) is 64.2 Å². The summed E-state index contributed by atoms with van der Waals surface area (Å²) in [6.07, 6.45) is 0. The Morgan fingerprint density at radius 2 is 2.05 bits per heavy atom. The molecule has 1 aliphatic rings. The van der Waals surface area contributed by atoms with Gasteiger partial charge in [0.05, 0.1) is 7.11 Å². The quantitative estimate of drug-likeness (QED) is 0.934. The minimum atomic E-state index is 0.544. The van der Waals surface area contributed by atoms with E-state index in [1.165, 1.54) is 0 Å². The minimum absolute atomic E-state index is 0.544. The first-order chi connectivity index (χ1) is 9.69. The molecule has 1 N–H and O–H groups in total. The van der Waals surface area contributed by atoms with Crippen LogP contribution in [0.5, 0.6) is 5.75 Å². The SMILES string of the molecule is COc1ccccc1CN1Cc2cc(Cl)ccc2C1=N. The zero-order valence-corrected chi connectivity index (χ0v) is 11.9. The summed E-state index contributed by atoms with van der Waals surface area (Å²) in [5, 5.41) is 9.00. The summed E-state index contributed by atoms with van der Waals surface area (Å²) in [7, 11) is 1.67. The van der Waals surface area contributed by atoms with Crippen molar-refractivity contribution in [2.24, 2.45) is 0 Å². The second kappa shape index (κ2) is 5.17. The first kappa shape index (κ1) is 13.0. The van der Waals surface area contributed by atoms with Gasteiger partial charge in [0.1, 0.15) is 11.6 Å². The molecular weight excluding hydrogens is 272 g/mol. The zero-order chi connectivity index (χ0) is 14.1. The molecule has 1 heterocycles. The highest BCUT2D eigenvalue weighted by atomic mass is 35.5. The Kier molecular flexibility index (Phi) is 3.36. The van der Waals surface area contributed by atoms with E-state index in [4.69, 9.17) is 21.7 Å². The number of nitrogens with one attached hydrogen (secondary N) is 1. The highest BCUT2D eigenvalue weighted by Crippen LogP contribution is 2.28. The lowest BCUT2D eigenvalue weighted by atomic mass is 10.1. The second-order valence-corrected chi connectivity index (χ2v) is 5.25. The summed E-state index contributed by atoms with van der Waals surface area (Å²) < 4.78 is 5.37. The van der Waals surface area contributed by atoms with Gasteiger partial charge in [-0.3, -0.25) is 5.41 Å². The average molecular weight is 287 g/mol. The summed E-state index contributed by atoms with van der Waals surface area (Å²) >= 11 is 6.02. The molecule has 0 atom stereocenters. The minimum Gasteiger partial charge on any atom is -0.496 e. The largest absolute Gasteiger partial charge is 0.496 e. The number of hydrogen-bond acceptors (Lipinski definition) is 2. The van der Waals surface area contributed by atoms with E-state index in [1.54, 1.807) is 7.11 Å². The van der Waals surface area contributed by atoms with Crippen LogP contribution in [0.15, 0.2) is 42.5 Å². The second-order valence-electron chi connectivity index (χ2n) is 4.82. The molecule has 0 fully saturated rings. The summed E-state index contributed by atoms with van der Waals surface area (Å²) in [5.41, 5.74) is 3.15. The van der Waals surface area contributed by atoms with Crippen molar-refractivity contribution < 1.29 is 4.74 Å². The fraction of sp³-hybridized carbons (Fsp3) is 0.188. The molecule has 20 heavy (non-hydrogen) atoms. The predicted octanol–water partition coefficient (Wildman–Crippen LogP) is 3.69. The molecule has 0 saturated heterocycles. The van der Waals surface area contributed by atoms with Crippen LogP contribution in [0.1, 0.15) is 16.7 Å². The third kappa shape index (κ3) is 2.25. The summed E-state index contributed by atoms with van der Waals surface area (Å²) in [6.45, 7) is 1.38. The number of methoxy groups -OCH3 is 1. The zero-order valence-electron chi connectivity index (χ0n) is 11.2. The maximum absolute atomic E-state index is 8.28. The summed E-state index contributed by atoms with van der Waals surface area (Å²) in [6, 6.07) is 13.6. The van der Waals surface area contributed by atoms with Crippen molar-refractivity contribution in [1.29, 1.82) is 5.41 Å². The molecule has 0 amide bonds. The number of rotatable bonds is 3. The molecule has 3 nitrogen and oxygen atoms in total. The maximum Gasteiger partial charge on any atom is 0.129 e. The van der Waals surface area contributed by atoms with Crippen LogP contribution in [0.2, 0.25) is 5.02 Å². The van der Waals surface area contributed by atoms with Crippen LogP contribution >= 0.6 is 11.6 Å². The molecule has 0 bridgehead atoms. The van der Waals surface area contributed by atoms with Gasteiger partial charge in [-0.15, -0.1) is 0 Å². The third-order valence-corrected chi connectivity index (χ3v) is 3.79. The van der Waals surface area contributed by atoms with E-state index in [9.17, 15) is 0 Å². The van der Waals surface area contributed by atoms with Gasteiger partial charge < -0.3 is 9.64 Å². The molecule has 102 valence electrons. The van der Waals surface area contributed by atoms with Gasteiger partial charge in [-0.05, 0) is 29.8 Å². The lowest BCUT2D eigenvalue weighted by Crippen LogP contribution is -2.23. The molecule has 0 saturated carbocycles. The molecule has 0 aliphatic carbocycles. The Labute approximate surface area is 123 Å². The van der Waals surface area contributed by atoms with E-state index >= 15 is 0 Å². The van der Waals surface area contributed by atoms with Crippen molar-refractivity contribution in [2.75, 3.05) is 7.11 Å². The molecule has 2 aromatic rings. The predicted molar refractivity (Wildman–Crippen MR) is 80.5 cm³/mol. The van der Waals surface area contributed by atoms with Crippen molar-refractivity contribution in [2.45, 2.75) is 13.1 Å². The number of hydrogen-bond donors (Lipinski definition) is 1. The Morgan fingerprint density at radius 3 is 2.85 bits per heavy atom. The first-order valence-electron chi connectivity index (χ1n) is 6.43. The molecule has 2 aromatic carbocycles. The number of ether oxygens (including phenoxy) is 1. The van der Waals surface area contributed by atoms with Gasteiger partial charge in [0.25, 0.3) is 0 Å². The van der Waals surface area contributed by atoms with E-state index in [-0.39, 0.29) is 0 Å². The van der Waals surface area contributed by atoms with Crippen molar-refractivity contribution in [3.8, 4) is 5.75 Å². The van der Waals surface area contributed by atoms with Crippen LogP contribution < -0.4 is 4.74 Å². The van der Waals surface area contributed by atoms with Crippen LogP contribution in [0.4, 0.5) is 0 Å². The van der Waals surface area contributed by atoms with Gasteiger partial charge in [-0.2, -0.15) is 0 Å². The molecule has 0 unspecified atom stereocenters. The molecule has 0 radical (unpaired) electrons. The van der Waals surface area contributed by atoms with Gasteiger partial charge in [0, 0.05) is 29.2 Å². The van der Waals surface area contributed by atoms with E-state index in [0.717, 1.165) is 27.5 Å². The van der Waals surface area contributed by atoms with Gasteiger partial charge in [0.15, 0.2) is 0 Å². The molecule has 0 aromatic heterocycles. The lowest BCUT2D eigenvalue weighted by Gasteiger charge is -2.19. The van der Waals surface area contributed by atoms with Crippen molar-refractivity contribution in [3.63, 3.8) is 0 Å². The summed E-state index contributed by atoms with van der Waals surface area (Å²) in [5.74, 6) is 1.40. The van der Waals surface area contributed by atoms with Crippen molar-refractivity contribution >= 4 is 17.4 Å². The van der Waals surface area contributed by atoms with E-state index < -0.39 is 0 Å². The molecule has 4 heteroatoms. The van der Waals surface area contributed by atoms with Crippen LogP contribution in [-0.2, 0) is 13.1 Å². The smallest absolute Gasteiger partial charge is 0.129 e.